The van der Waals surface area contributed by atoms with Gasteiger partial charge in [-0.2, -0.15) is 0 Å². The van der Waals surface area contributed by atoms with Gasteiger partial charge in [-0.15, -0.1) is 0 Å². The molecular formula is C27H24N4O2. The Hall–Kier alpha value is -4.45. The normalized spacial score (nSPS) is 12.8. The topological polar surface area (TPSA) is 52.1 Å². The summed E-state index contributed by atoms with van der Waals surface area (Å²) in [4.78, 5) is 11.3. The minimum atomic E-state index is 0.0980. The standard InChI is InChI=1S/C27H24N4O2/c1-29-17-18-30(20-29)26-15-8-16-27(28-26)31(21-9-3-2-4-10-21)22-11-7-12-23(19-22)33-25-14-6-5-13-24(25)32/h2-19,32H,20H2,1H3. The third kappa shape index (κ3) is 4.45. The molecule has 33 heavy (non-hydrogen) atoms. The van der Waals surface area contributed by atoms with Crippen LogP contribution in [-0.2, 0) is 0 Å². The molecule has 0 radical (unpaired) electrons. The predicted molar refractivity (Wildman–Crippen MR) is 131 cm³/mol. The van der Waals surface area contributed by atoms with Crippen molar-refractivity contribution in [3.05, 3.63) is 109 Å². The molecule has 164 valence electrons. The largest absolute Gasteiger partial charge is 0.504 e. The summed E-state index contributed by atoms with van der Waals surface area (Å²) in [6, 6.07) is 30.8. The molecule has 0 fully saturated rings. The van der Waals surface area contributed by atoms with E-state index in [0.717, 1.165) is 29.7 Å². The summed E-state index contributed by atoms with van der Waals surface area (Å²) < 4.78 is 5.97. The average Bonchev–Trinajstić information content (AvgIpc) is 3.28. The molecular weight excluding hydrogens is 412 g/mol. The van der Waals surface area contributed by atoms with Crippen LogP contribution in [0.4, 0.5) is 23.0 Å². The minimum Gasteiger partial charge on any atom is -0.504 e. The van der Waals surface area contributed by atoms with Crippen molar-refractivity contribution in [3.63, 3.8) is 0 Å². The maximum Gasteiger partial charge on any atom is 0.169 e. The van der Waals surface area contributed by atoms with Crippen molar-refractivity contribution in [2.75, 3.05) is 23.5 Å². The van der Waals surface area contributed by atoms with Crippen LogP contribution in [0.5, 0.6) is 17.2 Å². The van der Waals surface area contributed by atoms with Crippen LogP contribution in [0.25, 0.3) is 0 Å². The Morgan fingerprint density at radius 3 is 2.36 bits per heavy atom. The van der Waals surface area contributed by atoms with Gasteiger partial charge >= 0.3 is 0 Å². The molecule has 5 rings (SSSR count). The van der Waals surface area contributed by atoms with Gasteiger partial charge in [-0.1, -0.05) is 42.5 Å². The van der Waals surface area contributed by atoms with Crippen molar-refractivity contribution in [2.45, 2.75) is 0 Å². The van der Waals surface area contributed by atoms with Gasteiger partial charge in [0.05, 0.1) is 12.4 Å². The maximum atomic E-state index is 10.1. The molecule has 1 aliphatic heterocycles. The highest BCUT2D eigenvalue weighted by atomic mass is 16.5. The SMILES string of the molecule is CN1C=CN(c2cccc(N(c3ccccc3)c3cccc(Oc4ccccc4O)c3)n2)C1. The number of hydrogen-bond donors (Lipinski definition) is 1. The number of hydrogen-bond acceptors (Lipinski definition) is 6. The fourth-order valence-corrected chi connectivity index (χ4v) is 3.72. The van der Waals surface area contributed by atoms with E-state index < -0.39 is 0 Å². The number of phenols is 1. The molecule has 3 aromatic carbocycles. The smallest absolute Gasteiger partial charge is 0.169 e. The first-order chi connectivity index (χ1) is 16.2. The summed E-state index contributed by atoms with van der Waals surface area (Å²) in [5.41, 5.74) is 1.88. The zero-order chi connectivity index (χ0) is 22.6. The first-order valence-corrected chi connectivity index (χ1v) is 10.7. The molecule has 1 N–H and O–H groups in total. The summed E-state index contributed by atoms with van der Waals surface area (Å²) in [6.45, 7) is 0.756. The van der Waals surface area contributed by atoms with Gasteiger partial charge in [0.25, 0.3) is 0 Å². The zero-order valence-electron chi connectivity index (χ0n) is 18.2. The van der Waals surface area contributed by atoms with Crippen LogP contribution < -0.4 is 14.5 Å². The molecule has 2 heterocycles. The van der Waals surface area contributed by atoms with Crippen molar-refractivity contribution in [1.29, 1.82) is 0 Å². The number of nitrogens with zero attached hydrogens (tertiary/aromatic N) is 4. The molecule has 0 aliphatic carbocycles. The van der Waals surface area contributed by atoms with Gasteiger partial charge in [-0.25, -0.2) is 4.98 Å². The van der Waals surface area contributed by atoms with Crippen LogP contribution in [-0.4, -0.2) is 28.7 Å². The van der Waals surface area contributed by atoms with Gasteiger partial charge in [-0.05, 0) is 48.5 Å². The highest BCUT2D eigenvalue weighted by Gasteiger charge is 2.18. The number of rotatable bonds is 6. The number of ether oxygens (including phenoxy) is 1. The van der Waals surface area contributed by atoms with Gasteiger partial charge in [-0.3, -0.25) is 4.90 Å². The molecule has 0 amide bonds. The summed E-state index contributed by atoms with van der Waals surface area (Å²) >= 11 is 0. The summed E-state index contributed by atoms with van der Waals surface area (Å²) in [7, 11) is 2.03. The third-order valence-electron chi connectivity index (χ3n) is 5.30. The van der Waals surface area contributed by atoms with E-state index in [1.165, 1.54) is 0 Å². The molecule has 0 atom stereocenters. The molecule has 0 spiro atoms. The number of benzene rings is 3. The summed E-state index contributed by atoms with van der Waals surface area (Å²) in [5.74, 6) is 2.79. The van der Waals surface area contributed by atoms with Gasteiger partial charge in [0.2, 0.25) is 0 Å². The van der Waals surface area contributed by atoms with Crippen LogP contribution in [0.2, 0.25) is 0 Å². The van der Waals surface area contributed by atoms with Crippen LogP contribution in [0.15, 0.2) is 109 Å². The molecule has 4 aromatic rings. The maximum absolute atomic E-state index is 10.1. The number of aromatic nitrogens is 1. The Morgan fingerprint density at radius 2 is 1.58 bits per heavy atom. The molecule has 0 unspecified atom stereocenters. The first-order valence-electron chi connectivity index (χ1n) is 10.7. The number of phenolic OH excluding ortho intramolecular Hbond substituents is 1. The lowest BCUT2D eigenvalue weighted by molar-refractivity contribution is 0.411. The Labute approximate surface area is 193 Å². The van der Waals surface area contributed by atoms with Crippen molar-refractivity contribution >= 4 is 23.0 Å². The monoisotopic (exact) mass is 436 g/mol. The molecule has 0 saturated carbocycles. The number of pyridine rings is 1. The molecule has 1 aromatic heterocycles. The van der Waals surface area contributed by atoms with E-state index in [-0.39, 0.29) is 5.75 Å². The second kappa shape index (κ2) is 8.96. The van der Waals surface area contributed by atoms with Crippen molar-refractivity contribution in [1.82, 2.24) is 9.88 Å². The number of aromatic hydroxyl groups is 1. The quantitative estimate of drug-likeness (QED) is 0.387. The van der Waals surface area contributed by atoms with Crippen LogP contribution in [0, 0.1) is 0 Å². The number of para-hydroxylation sites is 3. The van der Waals surface area contributed by atoms with Gasteiger partial charge < -0.3 is 19.6 Å². The third-order valence-corrected chi connectivity index (χ3v) is 5.30. The van der Waals surface area contributed by atoms with Gasteiger partial charge in [0, 0.05) is 31.2 Å². The van der Waals surface area contributed by atoms with Crippen molar-refractivity contribution < 1.29 is 9.84 Å². The average molecular weight is 437 g/mol. The summed E-state index contributed by atoms with van der Waals surface area (Å²) in [6.07, 6.45) is 4.06. The Kier molecular flexibility index (Phi) is 5.55. The molecule has 0 saturated heterocycles. The highest BCUT2D eigenvalue weighted by molar-refractivity contribution is 5.76. The second-order valence-electron chi connectivity index (χ2n) is 7.76. The molecule has 1 aliphatic rings. The molecule has 6 heteroatoms. The van der Waals surface area contributed by atoms with E-state index in [2.05, 4.69) is 26.8 Å². The van der Waals surface area contributed by atoms with E-state index in [9.17, 15) is 5.11 Å². The van der Waals surface area contributed by atoms with Crippen molar-refractivity contribution in [3.8, 4) is 17.2 Å². The lowest BCUT2D eigenvalue weighted by Crippen LogP contribution is -2.23. The fourth-order valence-electron chi connectivity index (χ4n) is 3.72. The lowest BCUT2D eigenvalue weighted by atomic mass is 10.2. The van der Waals surface area contributed by atoms with Crippen molar-refractivity contribution in [2.24, 2.45) is 0 Å². The fraction of sp³-hybridized carbons (Fsp3) is 0.0741. The van der Waals surface area contributed by atoms with Crippen LogP contribution in [0.1, 0.15) is 0 Å². The minimum absolute atomic E-state index is 0.0980. The Bertz CT molecular complexity index is 1280. The molecule has 6 nitrogen and oxygen atoms in total. The first kappa shape index (κ1) is 20.5. The van der Waals surface area contributed by atoms with E-state index in [1.54, 1.807) is 18.2 Å². The van der Waals surface area contributed by atoms with Crippen LogP contribution in [0.3, 0.4) is 0 Å². The number of anilines is 4. The Morgan fingerprint density at radius 1 is 0.818 bits per heavy atom. The highest BCUT2D eigenvalue weighted by Crippen LogP contribution is 2.37. The zero-order valence-corrected chi connectivity index (χ0v) is 18.2. The van der Waals surface area contributed by atoms with E-state index in [4.69, 9.17) is 9.72 Å². The van der Waals surface area contributed by atoms with E-state index in [0.29, 0.717) is 11.5 Å². The Balaban J connectivity index is 1.54. The van der Waals surface area contributed by atoms with E-state index >= 15 is 0 Å². The lowest BCUT2D eigenvalue weighted by Gasteiger charge is -2.26. The van der Waals surface area contributed by atoms with E-state index in [1.807, 2.05) is 86.2 Å². The van der Waals surface area contributed by atoms with Crippen LogP contribution >= 0.6 is 0 Å². The molecule has 0 bridgehead atoms. The summed E-state index contributed by atoms with van der Waals surface area (Å²) in [5, 5.41) is 10.1. The van der Waals surface area contributed by atoms with Gasteiger partial charge in [0.1, 0.15) is 17.4 Å². The predicted octanol–water partition coefficient (Wildman–Crippen LogP) is 6.23. The van der Waals surface area contributed by atoms with Gasteiger partial charge in [0.15, 0.2) is 11.5 Å². The second-order valence-corrected chi connectivity index (χ2v) is 7.76.